The number of halogens is 3. The molecule has 9 nitrogen and oxygen atoms in total. The Morgan fingerprint density at radius 3 is 2.47 bits per heavy atom. The lowest BCUT2D eigenvalue weighted by molar-refractivity contribution is -0.156. The molecule has 248 valence electrons. The van der Waals surface area contributed by atoms with E-state index in [1.54, 1.807) is 19.2 Å². The fourth-order valence-corrected chi connectivity index (χ4v) is 7.25. The number of amides is 3. The summed E-state index contributed by atoms with van der Waals surface area (Å²) in [6.45, 7) is 1.60. The van der Waals surface area contributed by atoms with Crippen LogP contribution in [0.1, 0.15) is 47.6 Å². The minimum absolute atomic E-state index is 0.0848. The summed E-state index contributed by atoms with van der Waals surface area (Å²) in [6, 6.07) is 17.0. The standard InChI is InChI=1S/C35H39F3N6O3/c1-33(11-14-43(15-12-33)22-35(36,37)38)32(47)44(20-25-7-4-3-6-24(25)19-39-2)21-29(45)41-27-10-9-23-17-34(18-26(23)16-27)28-8-5-13-40-30(28)42-31(34)46/h3-10,13,16,39H,11-12,14-15,17-22H2,1-2H3,(H,41,45)(H,40,42,46). The minimum Gasteiger partial charge on any atom is -0.329 e. The molecule has 3 aromatic rings. The molecule has 0 radical (unpaired) electrons. The highest BCUT2D eigenvalue weighted by atomic mass is 19.4. The molecule has 3 N–H and O–H groups in total. The first-order valence-electron chi connectivity index (χ1n) is 15.9. The maximum absolute atomic E-state index is 14.1. The van der Waals surface area contributed by atoms with Gasteiger partial charge in [-0.25, -0.2) is 4.98 Å². The molecule has 1 atom stereocenters. The van der Waals surface area contributed by atoms with Gasteiger partial charge in [0, 0.05) is 36.0 Å². The van der Waals surface area contributed by atoms with Gasteiger partial charge in [0.25, 0.3) is 0 Å². The summed E-state index contributed by atoms with van der Waals surface area (Å²) in [5.74, 6) is -0.143. The van der Waals surface area contributed by atoms with Gasteiger partial charge in [0.1, 0.15) is 12.4 Å². The summed E-state index contributed by atoms with van der Waals surface area (Å²) in [5.41, 5.74) is 3.65. The first kappa shape index (κ1) is 32.6. The number of anilines is 2. The first-order valence-corrected chi connectivity index (χ1v) is 15.9. The SMILES string of the molecule is CNCc1ccccc1CN(CC(=O)Nc1ccc2c(c1)CC1(C2)C(=O)Nc2ncccc21)C(=O)C1(C)CCN(CC(F)(F)F)CC1. The van der Waals surface area contributed by atoms with Crippen LogP contribution in [0.4, 0.5) is 24.7 Å². The van der Waals surface area contributed by atoms with Gasteiger partial charge in [-0.1, -0.05) is 43.3 Å². The second-order valence-electron chi connectivity index (χ2n) is 13.2. The molecule has 1 spiro atoms. The maximum atomic E-state index is 14.1. The zero-order valence-corrected chi connectivity index (χ0v) is 26.5. The molecular formula is C35H39F3N6O3. The number of rotatable bonds is 9. The summed E-state index contributed by atoms with van der Waals surface area (Å²) in [4.78, 5) is 48.0. The number of piperidine rings is 1. The van der Waals surface area contributed by atoms with Crippen LogP contribution in [0.15, 0.2) is 60.8 Å². The number of hydrogen-bond donors (Lipinski definition) is 3. The van der Waals surface area contributed by atoms with Crippen LogP contribution in [0.3, 0.4) is 0 Å². The Hall–Kier alpha value is -4.29. The van der Waals surface area contributed by atoms with Crippen LogP contribution in [0, 0.1) is 5.41 Å². The second kappa shape index (κ2) is 12.7. The summed E-state index contributed by atoms with van der Waals surface area (Å²) >= 11 is 0. The van der Waals surface area contributed by atoms with E-state index in [0.29, 0.717) is 30.9 Å². The van der Waals surface area contributed by atoms with E-state index in [-0.39, 0.29) is 56.7 Å². The highest BCUT2D eigenvalue weighted by Gasteiger charge is 2.51. The Bertz CT molecular complexity index is 1690. The largest absolute Gasteiger partial charge is 0.401 e. The van der Waals surface area contributed by atoms with E-state index in [4.69, 9.17) is 0 Å². The molecule has 0 bridgehead atoms. The van der Waals surface area contributed by atoms with Gasteiger partial charge in [-0.05, 0) is 86.3 Å². The van der Waals surface area contributed by atoms with Crippen molar-refractivity contribution in [2.45, 2.75) is 57.3 Å². The number of alkyl halides is 3. The van der Waals surface area contributed by atoms with Crippen molar-refractivity contribution in [2.75, 3.05) is 43.9 Å². The van der Waals surface area contributed by atoms with Gasteiger partial charge in [-0.15, -0.1) is 0 Å². The van der Waals surface area contributed by atoms with Crippen LogP contribution in [-0.4, -0.2) is 71.9 Å². The highest BCUT2D eigenvalue weighted by Crippen LogP contribution is 2.47. The number of hydrogen-bond acceptors (Lipinski definition) is 6. The average molecular weight is 649 g/mol. The Morgan fingerprint density at radius 1 is 1.02 bits per heavy atom. The summed E-state index contributed by atoms with van der Waals surface area (Å²) in [5, 5.41) is 8.99. The molecule has 1 fully saturated rings. The normalized spacial score (nSPS) is 20.1. The number of aromatic nitrogens is 1. The van der Waals surface area contributed by atoms with Gasteiger partial charge in [0.2, 0.25) is 17.7 Å². The number of carbonyl (C=O) groups excluding carboxylic acids is 3. The summed E-state index contributed by atoms with van der Waals surface area (Å²) in [6.07, 6.45) is -1.11. The first-order chi connectivity index (χ1) is 22.4. The van der Waals surface area contributed by atoms with E-state index in [0.717, 1.165) is 27.8 Å². The molecular weight excluding hydrogens is 609 g/mol. The van der Waals surface area contributed by atoms with Crippen molar-refractivity contribution < 1.29 is 27.6 Å². The van der Waals surface area contributed by atoms with E-state index >= 15 is 0 Å². The Balaban J connectivity index is 1.19. The molecule has 0 saturated carbocycles. The molecule has 3 aliphatic rings. The smallest absolute Gasteiger partial charge is 0.329 e. The van der Waals surface area contributed by atoms with Crippen molar-refractivity contribution in [3.63, 3.8) is 0 Å². The number of benzene rings is 2. The number of likely N-dealkylation sites (tertiary alicyclic amines) is 1. The van der Waals surface area contributed by atoms with Gasteiger partial charge >= 0.3 is 6.18 Å². The molecule has 1 aliphatic carbocycles. The van der Waals surface area contributed by atoms with Crippen LogP contribution in [0.2, 0.25) is 0 Å². The van der Waals surface area contributed by atoms with Crippen molar-refractivity contribution >= 4 is 29.2 Å². The van der Waals surface area contributed by atoms with E-state index in [2.05, 4.69) is 20.9 Å². The fourth-order valence-electron chi connectivity index (χ4n) is 7.25. The van der Waals surface area contributed by atoms with Gasteiger partial charge in [0.15, 0.2) is 0 Å². The predicted molar refractivity (Wildman–Crippen MR) is 171 cm³/mol. The van der Waals surface area contributed by atoms with E-state index in [1.165, 1.54) is 9.80 Å². The van der Waals surface area contributed by atoms with Crippen LogP contribution < -0.4 is 16.0 Å². The number of nitrogens with zero attached hydrogens (tertiary/aromatic N) is 3. The van der Waals surface area contributed by atoms with E-state index in [9.17, 15) is 27.6 Å². The molecule has 1 saturated heterocycles. The number of pyridine rings is 1. The topological polar surface area (TPSA) is 107 Å². The Morgan fingerprint density at radius 2 is 1.74 bits per heavy atom. The maximum Gasteiger partial charge on any atom is 0.401 e. The third-order valence-electron chi connectivity index (χ3n) is 9.81. The molecule has 6 rings (SSSR count). The molecule has 2 aromatic carbocycles. The van der Waals surface area contributed by atoms with Crippen LogP contribution in [0.5, 0.6) is 0 Å². The summed E-state index contributed by atoms with van der Waals surface area (Å²) < 4.78 is 39.1. The van der Waals surface area contributed by atoms with Crippen molar-refractivity contribution in [1.29, 1.82) is 0 Å². The fraction of sp³-hybridized carbons (Fsp3) is 0.429. The van der Waals surface area contributed by atoms with Crippen LogP contribution in [0.25, 0.3) is 0 Å². The zero-order valence-electron chi connectivity index (χ0n) is 26.5. The van der Waals surface area contributed by atoms with Gasteiger partial charge in [-0.2, -0.15) is 13.2 Å². The van der Waals surface area contributed by atoms with Crippen molar-refractivity contribution in [2.24, 2.45) is 5.41 Å². The number of nitrogens with one attached hydrogen (secondary N) is 3. The van der Waals surface area contributed by atoms with Crippen LogP contribution in [-0.2, 0) is 45.7 Å². The molecule has 3 heterocycles. The lowest BCUT2D eigenvalue weighted by atomic mass is 9.78. The molecule has 12 heteroatoms. The summed E-state index contributed by atoms with van der Waals surface area (Å²) in [7, 11) is 1.83. The van der Waals surface area contributed by atoms with E-state index < -0.39 is 23.6 Å². The quantitative estimate of drug-likeness (QED) is 0.317. The number of fused-ring (bicyclic) bond motifs is 3. The Labute approximate surface area is 271 Å². The van der Waals surface area contributed by atoms with Gasteiger partial charge in [-0.3, -0.25) is 19.3 Å². The Kier molecular flexibility index (Phi) is 8.84. The molecule has 1 unspecified atom stereocenters. The monoisotopic (exact) mass is 648 g/mol. The lowest BCUT2D eigenvalue weighted by Crippen LogP contribution is -2.51. The third kappa shape index (κ3) is 6.75. The molecule has 3 amide bonds. The second-order valence-corrected chi connectivity index (χ2v) is 13.2. The van der Waals surface area contributed by atoms with Crippen molar-refractivity contribution in [3.8, 4) is 0 Å². The van der Waals surface area contributed by atoms with Gasteiger partial charge < -0.3 is 20.9 Å². The van der Waals surface area contributed by atoms with Crippen LogP contribution >= 0.6 is 0 Å². The molecule has 2 aliphatic heterocycles. The third-order valence-corrected chi connectivity index (χ3v) is 9.81. The van der Waals surface area contributed by atoms with Crippen molar-refractivity contribution in [1.82, 2.24) is 20.1 Å². The van der Waals surface area contributed by atoms with E-state index in [1.807, 2.05) is 55.6 Å². The average Bonchev–Trinajstić information content (AvgIpc) is 3.54. The molecule has 47 heavy (non-hydrogen) atoms. The predicted octanol–water partition coefficient (Wildman–Crippen LogP) is 4.42. The highest BCUT2D eigenvalue weighted by molar-refractivity contribution is 6.06. The van der Waals surface area contributed by atoms with Crippen molar-refractivity contribution in [3.05, 3.63) is 88.6 Å². The number of carbonyl (C=O) groups is 3. The van der Waals surface area contributed by atoms with Gasteiger partial charge in [0.05, 0.1) is 12.0 Å². The molecule has 1 aromatic heterocycles. The zero-order chi connectivity index (χ0) is 33.4. The minimum atomic E-state index is -4.30. The lowest BCUT2D eigenvalue weighted by Gasteiger charge is -2.41.